The molecule has 90 valence electrons. The van der Waals surface area contributed by atoms with Crippen molar-refractivity contribution in [2.45, 2.75) is 37.8 Å². The van der Waals surface area contributed by atoms with E-state index >= 15 is 0 Å². The van der Waals surface area contributed by atoms with Gasteiger partial charge in [-0.2, -0.15) is 0 Å². The van der Waals surface area contributed by atoms with E-state index in [-0.39, 0.29) is 0 Å². The van der Waals surface area contributed by atoms with Gasteiger partial charge in [0.1, 0.15) is 17.8 Å². The van der Waals surface area contributed by atoms with Crippen molar-refractivity contribution in [2.24, 2.45) is 5.73 Å². The van der Waals surface area contributed by atoms with Crippen molar-refractivity contribution in [1.82, 2.24) is 15.0 Å². The molecule has 0 amide bonds. The van der Waals surface area contributed by atoms with E-state index in [0.717, 1.165) is 42.5 Å². The van der Waals surface area contributed by atoms with Crippen molar-refractivity contribution in [3.05, 3.63) is 18.6 Å². The Morgan fingerprint density at radius 2 is 2.06 bits per heavy atom. The maximum absolute atomic E-state index is 5.91. The monoisotopic (exact) mass is 231 g/mol. The molecule has 17 heavy (non-hydrogen) atoms. The number of nitrogens with zero attached hydrogens (tertiary/aromatic N) is 2. The summed E-state index contributed by atoms with van der Waals surface area (Å²) < 4.78 is 0. The Balaban J connectivity index is 1.78. The Hall–Kier alpha value is -1.62. The quantitative estimate of drug-likeness (QED) is 0.734. The molecule has 1 aliphatic rings. The van der Waals surface area contributed by atoms with Crippen molar-refractivity contribution in [3.8, 4) is 0 Å². The van der Waals surface area contributed by atoms with Crippen LogP contribution in [0.3, 0.4) is 0 Å². The number of anilines is 1. The largest absolute Gasteiger partial charge is 0.367 e. The lowest BCUT2D eigenvalue weighted by Gasteiger charge is -2.27. The van der Waals surface area contributed by atoms with Crippen LogP contribution in [-0.2, 0) is 0 Å². The van der Waals surface area contributed by atoms with Crippen LogP contribution >= 0.6 is 0 Å². The standard InChI is InChI=1S/C12H17N5/c13-8-1-3-9(4-2-8)17-12-10-5-6-14-11(10)15-7-16-12/h5-9H,1-4,13H2,(H2,14,15,16,17). The van der Waals surface area contributed by atoms with Crippen LogP contribution in [0.2, 0.25) is 0 Å². The van der Waals surface area contributed by atoms with E-state index in [9.17, 15) is 0 Å². The number of nitrogens with two attached hydrogens (primary N) is 1. The summed E-state index contributed by atoms with van der Waals surface area (Å²) in [5.41, 5.74) is 6.79. The van der Waals surface area contributed by atoms with Crippen molar-refractivity contribution >= 4 is 16.9 Å². The second-order valence-electron chi connectivity index (χ2n) is 4.72. The predicted octanol–water partition coefficient (Wildman–Crippen LogP) is 1.64. The van der Waals surface area contributed by atoms with Gasteiger partial charge in [-0.05, 0) is 31.7 Å². The molecule has 5 heteroatoms. The number of hydrogen-bond acceptors (Lipinski definition) is 4. The highest BCUT2D eigenvalue weighted by Gasteiger charge is 2.19. The summed E-state index contributed by atoms with van der Waals surface area (Å²) in [5, 5.41) is 4.56. The van der Waals surface area contributed by atoms with Gasteiger partial charge in [0, 0.05) is 18.3 Å². The van der Waals surface area contributed by atoms with Gasteiger partial charge in [0.2, 0.25) is 0 Å². The van der Waals surface area contributed by atoms with Crippen LogP contribution in [0.4, 0.5) is 5.82 Å². The summed E-state index contributed by atoms with van der Waals surface area (Å²) in [6, 6.07) is 2.88. The lowest BCUT2D eigenvalue weighted by molar-refractivity contribution is 0.410. The smallest absolute Gasteiger partial charge is 0.142 e. The fourth-order valence-corrected chi connectivity index (χ4v) is 2.44. The first kappa shape index (κ1) is 10.5. The average Bonchev–Trinajstić information content (AvgIpc) is 2.81. The zero-order valence-electron chi connectivity index (χ0n) is 9.69. The van der Waals surface area contributed by atoms with Gasteiger partial charge in [0.05, 0.1) is 5.39 Å². The molecule has 1 saturated carbocycles. The van der Waals surface area contributed by atoms with Crippen LogP contribution in [0.25, 0.3) is 11.0 Å². The average molecular weight is 231 g/mol. The first-order chi connectivity index (χ1) is 8.33. The molecule has 5 nitrogen and oxygen atoms in total. The Kier molecular flexibility index (Phi) is 2.68. The van der Waals surface area contributed by atoms with Crippen molar-refractivity contribution in [1.29, 1.82) is 0 Å². The maximum Gasteiger partial charge on any atom is 0.142 e. The van der Waals surface area contributed by atoms with Gasteiger partial charge in [0.15, 0.2) is 0 Å². The molecule has 0 saturated heterocycles. The molecule has 0 aliphatic heterocycles. The molecular weight excluding hydrogens is 214 g/mol. The van der Waals surface area contributed by atoms with Gasteiger partial charge >= 0.3 is 0 Å². The number of H-pyrrole nitrogens is 1. The molecule has 0 unspecified atom stereocenters. The maximum atomic E-state index is 5.91. The summed E-state index contributed by atoms with van der Waals surface area (Å²) in [6.07, 6.45) is 7.92. The third-order valence-electron chi connectivity index (χ3n) is 3.47. The highest BCUT2D eigenvalue weighted by Crippen LogP contribution is 2.23. The second-order valence-corrected chi connectivity index (χ2v) is 4.72. The van der Waals surface area contributed by atoms with Crippen LogP contribution in [-0.4, -0.2) is 27.0 Å². The van der Waals surface area contributed by atoms with E-state index in [1.165, 1.54) is 0 Å². The fourth-order valence-electron chi connectivity index (χ4n) is 2.44. The number of rotatable bonds is 2. The molecule has 1 fully saturated rings. The number of aromatic nitrogens is 3. The van der Waals surface area contributed by atoms with E-state index < -0.39 is 0 Å². The van der Waals surface area contributed by atoms with Crippen LogP contribution in [0.5, 0.6) is 0 Å². The summed E-state index contributed by atoms with van der Waals surface area (Å²) in [5.74, 6) is 0.928. The molecule has 4 N–H and O–H groups in total. The fraction of sp³-hybridized carbons (Fsp3) is 0.500. The molecule has 2 heterocycles. The van der Waals surface area contributed by atoms with E-state index in [1.54, 1.807) is 6.33 Å². The number of fused-ring (bicyclic) bond motifs is 1. The minimum atomic E-state index is 0.380. The summed E-state index contributed by atoms with van der Waals surface area (Å²) in [6.45, 7) is 0. The number of nitrogens with one attached hydrogen (secondary N) is 2. The van der Waals surface area contributed by atoms with Crippen molar-refractivity contribution < 1.29 is 0 Å². The highest BCUT2D eigenvalue weighted by molar-refractivity contribution is 5.86. The third kappa shape index (κ3) is 2.10. The zero-order valence-corrected chi connectivity index (χ0v) is 9.69. The van der Waals surface area contributed by atoms with Crippen molar-refractivity contribution in [2.75, 3.05) is 5.32 Å². The van der Waals surface area contributed by atoms with Gasteiger partial charge in [-0.25, -0.2) is 9.97 Å². The van der Waals surface area contributed by atoms with Gasteiger partial charge in [-0.1, -0.05) is 0 Å². The Morgan fingerprint density at radius 3 is 2.88 bits per heavy atom. The Morgan fingerprint density at radius 1 is 1.24 bits per heavy atom. The predicted molar refractivity (Wildman–Crippen MR) is 67.7 cm³/mol. The number of aromatic amines is 1. The molecule has 3 rings (SSSR count). The van der Waals surface area contributed by atoms with E-state index in [2.05, 4.69) is 20.3 Å². The summed E-state index contributed by atoms with van der Waals surface area (Å²) >= 11 is 0. The molecule has 0 atom stereocenters. The summed E-state index contributed by atoms with van der Waals surface area (Å²) in [4.78, 5) is 11.6. The SMILES string of the molecule is NC1CCC(Nc2ncnc3[nH]ccc23)CC1. The molecular formula is C12H17N5. The topological polar surface area (TPSA) is 79.6 Å². The van der Waals surface area contributed by atoms with Gasteiger partial charge < -0.3 is 16.0 Å². The second kappa shape index (κ2) is 4.33. The molecule has 0 bridgehead atoms. The zero-order chi connectivity index (χ0) is 11.7. The Bertz CT molecular complexity index is 498. The third-order valence-corrected chi connectivity index (χ3v) is 3.47. The van der Waals surface area contributed by atoms with Gasteiger partial charge in [0.25, 0.3) is 0 Å². The van der Waals surface area contributed by atoms with Crippen LogP contribution in [0, 0.1) is 0 Å². The van der Waals surface area contributed by atoms with Gasteiger partial charge in [-0.3, -0.25) is 0 Å². The minimum absolute atomic E-state index is 0.380. The normalized spacial score (nSPS) is 25.0. The number of hydrogen-bond donors (Lipinski definition) is 3. The first-order valence-corrected chi connectivity index (χ1v) is 6.13. The lowest BCUT2D eigenvalue weighted by Crippen LogP contribution is -2.33. The van der Waals surface area contributed by atoms with Gasteiger partial charge in [-0.15, -0.1) is 0 Å². The Labute approximate surface area is 99.8 Å². The van der Waals surface area contributed by atoms with E-state index in [4.69, 9.17) is 5.73 Å². The van der Waals surface area contributed by atoms with Crippen LogP contribution < -0.4 is 11.1 Å². The first-order valence-electron chi connectivity index (χ1n) is 6.13. The molecule has 0 aromatic carbocycles. The van der Waals surface area contributed by atoms with Crippen molar-refractivity contribution in [3.63, 3.8) is 0 Å². The van der Waals surface area contributed by atoms with Crippen LogP contribution in [0.15, 0.2) is 18.6 Å². The summed E-state index contributed by atoms with van der Waals surface area (Å²) in [7, 11) is 0. The molecule has 2 aromatic heterocycles. The molecule has 2 aromatic rings. The lowest BCUT2D eigenvalue weighted by atomic mass is 9.92. The molecule has 0 spiro atoms. The highest BCUT2D eigenvalue weighted by atomic mass is 15.1. The van der Waals surface area contributed by atoms with Crippen LogP contribution in [0.1, 0.15) is 25.7 Å². The molecule has 1 aliphatic carbocycles. The molecule has 0 radical (unpaired) electrons. The minimum Gasteiger partial charge on any atom is -0.367 e. The van der Waals surface area contributed by atoms with E-state index in [1.807, 2.05) is 12.3 Å². The van der Waals surface area contributed by atoms with E-state index in [0.29, 0.717) is 12.1 Å².